The van der Waals surface area contributed by atoms with Crippen LogP contribution in [-0.4, -0.2) is 38.2 Å². The third kappa shape index (κ3) is 2.97. The summed E-state index contributed by atoms with van der Waals surface area (Å²) in [5, 5.41) is 8.25. The number of carbonyl (C=O) groups is 1. The fourth-order valence-electron chi connectivity index (χ4n) is 3.20. The summed E-state index contributed by atoms with van der Waals surface area (Å²) in [6, 6.07) is 1.93. The van der Waals surface area contributed by atoms with E-state index in [-0.39, 0.29) is 23.6 Å². The van der Waals surface area contributed by atoms with Crippen molar-refractivity contribution in [3.63, 3.8) is 0 Å². The van der Waals surface area contributed by atoms with Gasteiger partial charge in [0.25, 0.3) is 5.91 Å². The number of aromatic nitrogens is 3. The number of likely N-dealkylation sites (tertiary alicyclic amines) is 1. The highest BCUT2D eigenvalue weighted by atomic mass is 32.1. The largest absolute Gasteiger partial charge is 0.345 e. The maximum Gasteiger partial charge on any atom is 0.345 e. The maximum absolute atomic E-state index is 12.6. The van der Waals surface area contributed by atoms with E-state index in [0.29, 0.717) is 6.54 Å². The Morgan fingerprint density at radius 2 is 2.22 bits per heavy atom. The summed E-state index contributed by atoms with van der Waals surface area (Å²) in [6.07, 6.45) is 1.89. The number of piperidine rings is 1. The Hall–Kier alpha value is -1.89. The smallest absolute Gasteiger partial charge is 0.338 e. The lowest BCUT2D eigenvalue weighted by Gasteiger charge is -2.32. The fraction of sp³-hybridized carbons (Fsp3) is 0.562. The molecule has 7 heteroatoms. The second-order valence-corrected chi connectivity index (χ2v) is 7.11. The van der Waals surface area contributed by atoms with Crippen LogP contribution in [0.4, 0.5) is 0 Å². The first-order valence-electron chi connectivity index (χ1n) is 7.96. The van der Waals surface area contributed by atoms with Crippen LogP contribution < -0.4 is 5.69 Å². The number of amides is 1. The Kier molecular flexibility index (Phi) is 4.39. The highest BCUT2D eigenvalue weighted by molar-refractivity contribution is 7.08. The molecule has 0 N–H and O–H groups in total. The molecule has 1 amide bonds. The first kappa shape index (κ1) is 16.0. The van der Waals surface area contributed by atoms with E-state index in [0.717, 1.165) is 30.8 Å². The molecule has 3 heterocycles. The van der Waals surface area contributed by atoms with Crippen LogP contribution in [0, 0.1) is 0 Å². The molecule has 6 nitrogen and oxygen atoms in total. The predicted octanol–water partition coefficient (Wildman–Crippen LogP) is 2.24. The van der Waals surface area contributed by atoms with Crippen molar-refractivity contribution in [2.75, 3.05) is 13.1 Å². The zero-order valence-corrected chi connectivity index (χ0v) is 14.5. The van der Waals surface area contributed by atoms with Gasteiger partial charge in [-0.3, -0.25) is 9.36 Å². The van der Waals surface area contributed by atoms with Crippen molar-refractivity contribution in [2.45, 2.75) is 38.6 Å². The van der Waals surface area contributed by atoms with Gasteiger partial charge in [0.15, 0.2) is 0 Å². The van der Waals surface area contributed by atoms with Gasteiger partial charge in [0.05, 0.1) is 5.56 Å². The van der Waals surface area contributed by atoms with Crippen molar-refractivity contribution in [1.29, 1.82) is 0 Å². The monoisotopic (exact) mass is 334 g/mol. The van der Waals surface area contributed by atoms with Crippen molar-refractivity contribution in [2.24, 2.45) is 7.05 Å². The summed E-state index contributed by atoms with van der Waals surface area (Å²) in [4.78, 5) is 26.7. The molecule has 3 rings (SSSR count). The lowest BCUT2D eigenvalue weighted by molar-refractivity contribution is 0.0703. The normalized spacial score (nSPS) is 18.6. The molecule has 1 unspecified atom stereocenters. The Morgan fingerprint density at radius 1 is 1.43 bits per heavy atom. The van der Waals surface area contributed by atoms with E-state index in [1.807, 2.05) is 35.6 Å². The first-order chi connectivity index (χ1) is 11.0. The van der Waals surface area contributed by atoms with E-state index in [2.05, 4.69) is 5.10 Å². The number of thiophene rings is 1. The van der Waals surface area contributed by atoms with Crippen LogP contribution in [0.5, 0.6) is 0 Å². The van der Waals surface area contributed by atoms with E-state index in [4.69, 9.17) is 0 Å². The Labute approximate surface area is 139 Å². The van der Waals surface area contributed by atoms with Crippen molar-refractivity contribution < 1.29 is 4.79 Å². The van der Waals surface area contributed by atoms with Gasteiger partial charge in [-0.1, -0.05) is 0 Å². The Balaban J connectivity index is 1.86. The first-order valence-corrected chi connectivity index (χ1v) is 8.90. The van der Waals surface area contributed by atoms with Crippen LogP contribution in [0.15, 0.2) is 21.6 Å². The maximum atomic E-state index is 12.6. The number of hydrogen-bond acceptors (Lipinski definition) is 4. The van der Waals surface area contributed by atoms with Crippen LogP contribution in [0.3, 0.4) is 0 Å². The summed E-state index contributed by atoms with van der Waals surface area (Å²) in [5.41, 5.74) is 0.661. The molecule has 0 aliphatic carbocycles. The third-order valence-electron chi connectivity index (χ3n) is 4.34. The lowest BCUT2D eigenvalue weighted by atomic mass is 9.96. The molecule has 1 aliphatic heterocycles. The van der Waals surface area contributed by atoms with E-state index >= 15 is 0 Å². The Morgan fingerprint density at radius 3 is 2.87 bits per heavy atom. The molecule has 2 aromatic heterocycles. The molecule has 1 aliphatic rings. The van der Waals surface area contributed by atoms with Crippen molar-refractivity contribution in [3.05, 3.63) is 38.7 Å². The molecular formula is C16H22N4O2S. The average molecular weight is 334 g/mol. The highest BCUT2D eigenvalue weighted by Crippen LogP contribution is 2.27. The van der Waals surface area contributed by atoms with Gasteiger partial charge in [0.1, 0.15) is 5.82 Å². The van der Waals surface area contributed by atoms with Gasteiger partial charge in [0.2, 0.25) is 0 Å². The van der Waals surface area contributed by atoms with Crippen molar-refractivity contribution >= 4 is 17.2 Å². The average Bonchev–Trinajstić information content (AvgIpc) is 3.16. The van der Waals surface area contributed by atoms with E-state index < -0.39 is 0 Å². The molecule has 2 aromatic rings. The number of hydrogen-bond donors (Lipinski definition) is 0. The zero-order chi connectivity index (χ0) is 16.6. The third-order valence-corrected chi connectivity index (χ3v) is 5.02. The van der Waals surface area contributed by atoms with Crippen LogP contribution in [0.2, 0.25) is 0 Å². The van der Waals surface area contributed by atoms with Gasteiger partial charge >= 0.3 is 5.69 Å². The molecule has 1 atom stereocenters. The zero-order valence-electron chi connectivity index (χ0n) is 13.7. The van der Waals surface area contributed by atoms with Crippen LogP contribution >= 0.6 is 11.3 Å². The second-order valence-electron chi connectivity index (χ2n) is 6.33. The Bertz CT molecular complexity index is 745. The standard InChI is InChI=1S/C16H22N4O2S/c1-11(2)20-14(17-18(3)16(20)22)12-5-4-7-19(9-12)15(21)13-6-8-23-10-13/h6,8,10-12H,4-5,7,9H2,1-3H3. The van der Waals surface area contributed by atoms with Gasteiger partial charge in [-0.15, -0.1) is 0 Å². The highest BCUT2D eigenvalue weighted by Gasteiger charge is 2.30. The molecule has 0 saturated carbocycles. The minimum absolute atomic E-state index is 0.0640. The molecule has 0 radical (unpaired) electrons. The summed E-state index contributed by atoms with van der Waals surface area (Å²) in [6.45, 7) is 5.37. The molecule has 1 saturated heterocycles. The SMILES string of the molecule is CC(C)n1c(C2CCCN(C(=O)c3ccsc3)C2)nn(C)c1=O. The van der Waals surface area contributed by atoms with Gasteiger partial charge in [-0.25, -0.2) is 9.48 Å². The molecule has 23 heavy (non-hydrogen) atoms. The van der Waals surface area contributed by atoms with Crippen LogP contribution in [0.1, 0.15) is 54.8 Å². The lowest BCUT2D eigenvalue weighted by Crippen LogP contribution is -2.40. The summed E-state index contributed by atoms with van der Waals surface area (Å²) in [5.74, 6) is 0.989. The molecule has 0 spiro atoms. The van der Waals surface area contributed by atoms with Gasteiger partial charge in [0, 0.05) is 37.5 Å². The van der Waals surface area contributed by atoms with Crippen LogP contribution in [-0.2, 0) is 7.05 Å². The molecular weight excluding hydrogens is 312 g/mol. The minimum atomic E-state index is -0.0868. The van der Waals surface area contributed by atoms with Gasteiger partial charge in [-0.05, 0) is 38.1 Å². The van der Waals surface area contributed by atoms with E-state index in [1.54, 1.807) is 11.6 Å². The van der Waals surface area contributed by atoms with E-state index in [9.17, 15) is 9.59 Å². The van der Waals surface area contributed by atoms with E-state index in [1.165, 1.54) is 16.0 Å². The molecule has 0 bridgehead atoms. The summed E-state index contributed by atoms with van der Waals surface area (Å²) < 4.78 is 3.15. The van der Waals surface area contributed by atoms with Crippen molar-refractivity contribution in [1.82, 2.24) is 19.2 Å². The van der Waals surface area contributed by atoms with Gasteiger partial charge < -0.3 is 4.90 Å². The summed E-state index contributed by atoms with van der Waals surface area (Å²) >= 11 is 1.53. The summed E-state index contributed by atoms with van der Waals surface area (Å²) in [7, 11) is 1.68. The molecule has 1 fully saturated rings. The van der Waals surface area contributed by atoms with Crippen LogP contribution in [0.25, 0.3) is 0 Å². The fourth-order valence-corrected chi connectivity index (χ4v) is 3.83. The molecule has 124 valence electrons. The minimum Gasteiger partial charge on any atom is -0.338 e. The number of aryl methyl sites for hydroxylation is 1. The second kappa shape index (κ2) is 6.31. The van der Waals surface area contributed by atoms with Crippen molar-refractivity contribution in [3.8, 4) is 0 Å². The van der Waals surface area contributed by atoms with Gasteiger partial charge in [-0.2, -0.15) is 16.4 Å². The topological polar surface area (TPSA) is 60.1 Å². The quantitative estimate of drug-likeness (QED) is 0.865. The number of rotatable bonds is 3. The number of nitrogens with zero attached hydrogens (tertiary/aromatic N) is 4. The molecule has 0 aromatic carbocycles. The number of carbonyl (C=O) groups excluding carboxylic acids is 1. The predicted molar refractivity (Wildman–Crippen MR) is 90.1 cm³/mol.